The summed E-state index contributed by atoms with van der Waals surface area (Å²) in [5, 5.41) is 11.8. The molecule has 1 N–H and O–H groups in total. The van der Waals surface area contributed by atoms with E-state index in [1.54, 1.807) is 55.6 Å². The first-order valence-corrected chi connectivity index (χ1v) is 12.7. The van der Waals surface area contributed by atoms with E-state index in [1.807, 2.05) is 32.9 Å². The lowest BCUT2D eigenvalue weighted by atomic mass is 9.95. The van der Waals surface area contributed by atoms with Gasteiger partial charge < -0.3 is 14.6 Å². The largest absolute Gasteiger partial charge is 0.507 e. The van der Waals surface area contributed by atoms with Crippen molar-refractivity contribution in [1.82, 2.24) is 4.98 Å². The van der Waals surface area contributed by atoms with Gasteiger partial charge in [-0.2, -0.15) is 0 Å². The van der Waals surface area contributed by atoms with E-state index < -0.39 is 17.7 Å². The summed E-state index contributed by atoms with van der Waals surface area (Å²) in [6, 6.07) is 17.1. The second-order valence-corrected chi connectivity index (χ2v) is 9.84. The summed E-state index contributed by atoms with van der Waals surface area (Å²) >= 11 is 1.34. The zero-order valence-electron chi connectivity index (χ0n) is 20.9. The third kappa shape index (κ3) is 4.34. The maximum absolute atomic E-state index is 13.5. The molecule has 2 heterocycles. The average molecular weight is 515 g/mol. The molecule has 1 atom stereocenters. The molecule has 37 heavy (non-hydrogen) atoms. The maximum Gasteiger partial charge on any atom is 0.301 e. The van der Waals surface area contributed by atoms with Gasteiger partial charge in [-0.25, -0.2) is 4.98 Å². The highest BCUT2D eigenvalue weighted by atomic mass is 32.1. The van der Waals surface area contributed by atoms with Gasteiger partial charge in [0.05, 0.1) is 35.5 Å². The molecule has 7 nitrogen and oxygen atoms in total. The minimum absolute atomic E-state index is 0.0148. The Morgan fingerprint density at radius 1 is 1.05 bits per heavy atom. The zero-order valence-corrected chi connectivity index (χ0v) is 21.8. The van der Waals surface area contributed by atoms with Crippen LogP contribution in [0.5, 0.6) is 11.5 Å². The molecule has 0 aliphatic carbocycles. The van der Waals surface area contributed by atoms with E-state index in [0.29, 0.717) is 34.4 Å². The topological polar surface area (TPSA) is 89.0 Å². The Labute approximate surface area is 218 Å². The quantitative estimate of drug-likeness (QED) is 0.194. The van der Waals surface area contributed by atoms with Crippen molar-refractivity contribution in [3.8, 4) is 11.5 Å². The van der Waals surface area contributed by atoms with Crippen LogP contribution in [0.1, 0.15) is 35.2 Å². The molecule has 1 unspecified atom stereocenters. The molecule has 4 aromatic rings. The number of ether oxygens (including phenoxy) is 2. The summed E-state index contributed by atoms with van der Waals surface area (Å²) in [5.41, 5.74) is 3.83. The Morgan fingerprint density at radius 2 is 1.81 bits per heavy atom. The van der Waals surface area contributed by atoms with Crippen molar-refractivity contribution in [1.29, 1.82) is 0 Å². The van der Waals surface area contributed by atoms with E-state index in [0.717, 1.165) is 21.3 Å². The summed E-state index contributed by atoms with van der Waals surface area (Å²) in [4.78, 5) is 33.2. The normalized spacial score (nSPS) is 17.0. The first kappa shape index (κ1) is 24.5. The van der Waals surface area contributed by atoms with Crippen molar-refractivity contribution in [3.63, 3.8) is 0 Å². The minimum atomic E-state index is -0.896. The molecule has 5 rings (SSSR count). The number of hydrogen-bond donors (Lipinski definition) is 1. The third-order valence-electron chi connectivity index (χ3n) is 6.30. The fourth-order valence-electron chi connectivity index (χ4n) is 4.67. The predicted octanol–water partition coefficient (Wildman–Crippen LogP) is 5.95. The van der Waals surface area contributed by atoms with E-state index >= 15 is 0 Å². The number of thiazole rings is 1. The second kappa shape index (κ2) is 9.71. The number of ketones is 1. The summed E-state index contributed by atoms with van der Waals surface area (Å²) in [6.07, 6.45) is 0. The van der Waals surface area contributed by atoms with Gasteiger partial charge in [-0.15, -0.1) is 0 Å². The smallest absolute Gasteiger partial charge is 0.301 e. The number of carbonyl (C=O) groups excluding carboxylic acids is 2. The number of benzene rings is 3. The first-order valence-electron chi connectivity index (χ1n) is 11.9. The lowest BCUT2D eigenvalue weighted by molar-refractivity contribution is -0.132. The first-order chi connectivity index (χ1) is 17.8. The zero-order chi connectivity index (χ0) is 26.3. The summed E-state index contributed by atoms with van der Waals surface area (Å²) in [5.74, 6) is -0.681. The highest BCUT2D eigenvalue weighted by Gasteiger charge is 2.48. The van der Waals surface area contributed by atoms with Crippen molar-refractivity contribution >= 4 is 44.1 Å². The molecule has 0 bridgehead atoms. The van der Waals surface area contributed by atoms with Gasteiger partial charge in [0.25, 0.3) is 5.78 Å². The molecule has 1 aromatic heterocycles. The Kier molecular flexibility index (Phi) is 6.43. The molecule has 8 heteroatoms. The van der Waals surface area contributed by atoms with Crippen LogP contribution in [0.25, 0.3) is 16.0 Å². The van der Waals surface area contributed by atoms with E-state index in [9.17, 15) is 14.7 Å². The number of Topliss-reactive ketones (excluding diaryl/α,β-unsaturated/α-hetero) is 1. The second-order valence-electron chi connectivity index (χ2n) is 8.83. The van der Waals surface area contributed by atoms with Crippen LogP contribution in [0.4, 0.5) is 5.13 Å². The number of aromatic nitrogens is 1. The molecule has 1 aliphatic heterocycles. The molecule has 1 fully saturated rings. The minimum Gasteiger partial charge on any atom is -0.507 e. The van der Waals surface area contributed by atoms with Gasteiger partial charge in [-0.05, 0) is 67.8 Å². The van der Waals surface area contributed by atoms with Crippen LogP contribution in [-0.4, -0.2) is 35.5 Å². The van der Waals surface area contributed by atoms with Gasteiger partial charge in [-0.1, -0.05) is 41.7 Å². The number of methoxy groups -OCH3 is 1. The maximum atomic E-state index is 13.5. The van der Waals surface area contributed by atoms with Crippen LogP contribution >= 0.6 is 11.3 Å². The molecule has 1 amide bonds. The fourth-order valence-corrected chi connectivity index (χ4v) is 5.84. The predicted molar refractivity (Wildman–Crippen MR) is 144 cm³/mol. The highest BCUT2D eigenvalue weighted by molar-refractivity contribution is 7.22. The Morgan fingerprint density at radius 3 is 2.57 bits per heavy atom. The standard InChI is InChI=1S/C29H26N2O5S/c1-5-36-21-11-7-9-19(15-21)26(32)23-25(18-8-6-10-20(14-18)35-4)31(28(34)27(23)33)29-30-24-17(3)12-16(2)13-22(24)37-29/h6-15,25,32H,5H2,1-4H3. The van der Waals surface area contributed by atoms with Crippen molar-refractivity contribution in [2.75, 3.05) is 18.6 Å². The lowest BCUT2D eigenvalue weighted by Crippen LogP contribution is -2.29. The number of nitrogens with zero attached hydrogens (tertiary/aromatic N) is 2. The van der Waals surface area contributed by atoms with E-state index in [1.165, 1.54) is 16.2 Å². The van der Waals surface area contributed by atoms with E-state index in [-0.39, 0.29) is 11.3 Å². The van der Waals surface area contributed by atoms with E-state index in [4.69, 9.17) is 14.5 Å². The van der Waals surface area contributed by atoms with Crippen molar-refractivity contribution in [2.45, 2.75) is 26.8 Å². The molecule has 1 aliphatic rings. The Bertz CT molecular complexity index is 1570. The third-order valence-corrected chi connectivity index (χ3v) is 7.30. The number of amides is 1. The molecule has 0 spiro atoms. The number of rotatable bonds is 6. The SMILES string of the molecule is CCOc1cccc(C(O)=C2C(=O)C(=O)N(c3nc4c(C)cc(C)cc4s3)C2c2cccc(OC)c2)c1. The van der Waals surface area contributed by atoms with Crippen molar-refractivity contribution in [2.24, 2.45) is 0 Å². The molecule has 0 radical (unpaired) electrons. The average Bonchev–Trinajstić information content (AvgIpc) is 3.42. The van der Waals surface area contributed by atoms with Gasteiger partial charge in [0, 0.05) is 5.56 Å². The van der Waals surface area contributed by atoms with Crippen LogP contribution in [0.2, 0.25) is 0 Å². The van der Waals surface area contributed by atoms with E-state index in [2.05, 4.69) is 0 Å². The fraction of sp³-hybridized carbons (Fsp3) is 0.207. The number of aliphatic hydroxyl groups is 1. The van der Waals surface area contributed by atoms with Crippen LogP contribution in [0, 0.1) is 13.8 Å². The molecule has 3 aromatic carbocycles. The summed E-state index contributed by atoms with van der Waals surface area (Å²) in [6.45, 7) is 6.29. The van der Waals surface area contributed by atoms with Gasteiger partial charge in [0.15, 0.2) is 5.13 Å². The number of anilines is 1. The Hall–Kier alpha value is -4.17. The molecular weight excluding hydrogens is 488 g/mol. The molecule has 0 saturated carbocycles. The number of hydrogen-bond acceptors (Lipinski definition) is 7. The summed E-state index contributed by atoms with van der Waals surface area (Å²) < 4.78 is 11.9. The molecular formula is C29H26N2O5S. The van der Waals surface area contributed by atoms with Crippen molar-refractivity contribution in [3.05, 3.63) is 88.5 Å². The number of fused-ring (bicyclic) bond motifs is 1. The van der Waals surface area contributed by atoms with Crippen LogP contribution < -0.4 is 14.4 Å². The van der Waals surface area contributed by atoms with Crippen LogP contribution in [-0.2, 0) is 9.59 Å². The number of carbonyl (C=O) groups is 2. The van der Waals surface area contributed by atoms with Crippen molar-refractivity contribution < 1.29 is 24.2 Å². The van der Waals surface area contributed by atoms with Gasteiger partial charge in [-0.3, -0.25) is 14.5 Å². The molecule has 188 valence electrons. The Balaban J connectivity index is 1.73. The monoisotopic (exact) mass is 514 g/mol. The van der Waals surface area contributed by atoms with Gasteiger partial charge in [0.1, 0.15) is 17.3 Å². The molecule has 1 saturated heterocycles. The van der Waals surface area contributed by atoms with Gasteiger partial charge in [0.2, 0.25) is 0 Å². The van der Waals surface area contributed by atoms with Gasteiger partial charge >= 0.3 is 5.91 Å². The van der Waals surface area contributed by atoms with Crippen LogP contribution in [0.15, 0.2) is 66.2 Å². The number of aliphatic hydroxyl groups excluding tert-OH is 1. The lowest BCUT2D eigenvalue weighted by Gasteiger charge is -2.23. The van der Waals surface area contributed by atoms with Crippen LogP contribution in [0.3, 0.4) is 0 Å². The number of aryl methyl sites for hydroxylation is 2. The highest BCUT2D eigenvalue weighted by Crippen LogP contribution is 2.45. The summed E-state index contributed by atoms with van der Waals surface area (Å²) in [7, 11) is 1.55.